The van der Waals surface area contributed by atoms with Gasteiger partial charge < -0.3 is 14.8 Å². The van der Waals surface area contributed by atoms with E-state index in [0.717, 1.165) is 25.7 Å². The van der Waals surface area contributed by atoms with Gasteiger partial charge in [-0.15, -0.1) is 0 Å². The van der Waals surface area contributed by atoms with E-state index in [9.17, 15) is 4.79 Å². The van der Waals surface area contributed by atoms with E-state index < -0.39 is 0 Å². The average Bonchev–Trinajstić information content (AvgIpc) is 2.48. The number of hydrogen-bond donors (Lipinski definition) is 1. The maximum atomic E-state index is 12.2. The Morgan fingerprint density at radius 1 is 1.27 bits per heavy atom. The minimum absolute atomic E-state index is 0.0227. The van der Waals surface area contributed by atoms with Gasteiger partial charge >= 0.3 is 0 Å². The van der Waals surface area contributed by atoms with Crippen LogP contribution in [-0.2, 0) is 4.79 Å². The Morgan fingerprint density at radius 3 is 2.68 bits per heavy atom. The summed E-state index contributed by atoms with van der Waals surface area (Å²) in [7, 11) is 1.61. The SMILES string of the molecule is CCCCOc1ccc(OC)cc1NC(=O)CC(C)CCC. The van der Waals surface area contributed by atoms with Crippen LogP contribution in [0.3, 0.4) is 0 Å². The van der Waals surface area contributed by atoms with E-state index >= 15 is 0 Å². The van der Waals surface area contributed by atoms with Crippen molar-refractivity contribution in [2.45, 2.75) is 52.9 Å². The second-order valence-corrected chi connectivity index (χ2v) is 5.71. The normalized spacial score (nSPS) is 11.8. The van der Waals surface area contributed by atoms with Gasteiger partial charge in [-0.3, -0.25) is 4.79 Å². The molecule has 0 heterocycles. The molecule has 0 saturated carbocycles. The summed E-state index contributed by atoms with van der Waals surface area (Å²) in [6.45, 7) is 7.01. The van der Waals surface area contributed by atoms with Gasteiger partial charge in [0, 0.05) is 12.5 Å². The van der Waals surface area contributed by atoms with Gasteiger partial charge in [-0.1, -0.05) is 40.0 Å². The van der Waals surface area contributed by atoms with Gasteiger partial charge in [-0.25, -0.2) is 0 Å². The second-order valence-electron chi connectivity index (χ2n) is 5.71. The van der Waals surface area contributed by atoms with E-state index in [1.165, 1.54) is 0 Å². The van der Waals surface area contributed by atoms with Crippen molar-refractivity contribution < 1.29 is 14.3 Å². The molecule has 1 atom stereocenters. The lowest BCUT2D eigenvalue weighted by Gasteiger charge is -2.15. The average molecular weight is 307 g/mol. The van der Waals surface area contributed by atoms with Crippen molar-refractivity contribution in [3.63, 3.8) is 0 Å². The fraction of sp³-hybridized carbons (Fsp3) is 0.611. The summed E-state index contributed by atoms with van der Waals surface area (Å²) in [5.74, 6) is 1.82. The molecular weight excluding hydrogens is 278 g/mol. The highest BCUT2D eigenvalue weighted by atomic mass is 16.5. The molecular formula is C18H29NO3. The lowest BCUT2D eigenvalue weighted by molar-refractivity contribution is -0.117. The number of methoxy groups -OCH3 is 1. The van der Waals surface area contributed by atoms with Crippen molar-refractivity contribution in [3.05, 3.63) is 18.2 Å². The highest BCUT2D eigenvalue weighted by Gasteiger charge is 2.12. The molecule has 0 aliphatic carbocycles. The summed E-state index contributed by atoms with van der Waals surface area (Å²) in [4.78, 5) is 12.2. The van der Waals surface area contributed by atoms with E-state index in [1.54, 1.807) is 7.11 Å². The molecule has 1 amide bonds. The number of amides is 1. The number of benzene rings is 1. The van der Waals surface area contributed by atoms with Crippen LogP contribution in [0.2, 0.25) is 0 Å². The third-order valence-corrected chi connectivity index (χ3v) is 3.53. The number of ether oxygens (including phenoxy) is 2. The molecule has 124 valence electrons. The van der Waals surface area contributed by atoms with E-state index in [4.69, 9.17) is 9.47 Å². The van der Waals surface area contributed by atoms with E-state index in [2.05, 4.69) is 26.1 Å². The van der Waals surface area contributed by atoms with Crippen LogP contribution in [-0.4, -0.2) is 19.6 Å². The molecule has 1 aromatic carbocycles. The molecule has 1 rings (SSSR count). The van der Waals surface area contributed by atoms with Crippen LogP contribution in [0.15, 0.2) is 18.2 Å². The predicted molar refractivity (Wildman–Crippen MR) is 90.7 cm³/mol. The maximum Gasteiger partial charge on any atom is 0.224 e. The van der Waals surface area contributed by atoms with Crippen LogP contribution in [0.5, 0.6) is 11.5 Å². The third kappa shape index (κ3) is 6.37. The van der Waals surface area contributed by atoms with Crippen LogP contribution >= 0.6 is 0 Å². The second kappa shape index (κ2) is 10.1. The molecule has 1 aromatic rings. The van der Waals surface area contributed by atoms with Crippen LogP contribution in [0.25, 0.3) is 0 Å². The molecule has 4 nitrogen and oxygen atoms in total. The number of nitrogens with one attached hydrogen (secondary N) is 1. The zero-order valence-electron chi connectivity index (χ0n) is 14.3. The van der Waals surface area contributed by atoms with Crippen molar-refractivity contribution in [1.82, 2.24) is 0 Å². The lowest BCUT2D eigenvalue weighted by Crippen LogP contribution is -2.16. The number of rotatable bonds is 10. The molecule has 0 radical (unpaired) electrons. The summed E-state index contributed by atoms with van der Waals surface area (Å²) in [6.07, 6.45) is 4.75. The molecule has 0 fully saturated rings. The molecule has 0 bridgehead atoms. The predicted octanol–water partition coefficient (Wildman–Crippen LogP) is 4.64. The number of hydrogen-bond acceptors (Lipinski definition) is 3. The minimum Gasteiger partial charge on any atom is -0.497 e. The number of carbonyl (C=O) groups excluding carboxylic acids is 1. The Bertz CT molecular complexity index is 460. The molecule has 4 heteroatoms. The summed E-state index contributed by atoms with van der Waals surface area (Å²) in [6, 6.07) is 5.50. The van der Waals surface area contributed by atoms with E-state index in [0.29, 0.717) is 36.1 Å². The molecule has 0 aliphatic heterocycles. The van der Waals surface area contributed by atoms with Crippen LogP contribution in [0.4, 0.5) is 5.69 Å². The summed E-state index contributed by atoms with van der Waals surface area (Å²) >= 11 is 0. The van der Waals surface area contributed by atoms with Gasteiger partial charge in [0.1, 0.15) is 11.5 Å². The quantitative estimate of drug-likeness (QED) is 0.641. The summed E-state index contributed by atoms with van der Waals surface area (Å²) in [5.41, 5.74) is 0.684. The van der Waals surface area contributed by atoms with Crippen molar-refractivity contribution in [2.24, 2.45) is 5.92 Å². The Labute approximate surface area is 134 Å². The van der Waals surface area contributed by atoms with Crippen LogP contribution in [0, 0.1) is 5.92 Å². The Balaban J connectivity index is 2.74. The standard InChI is InChI=1S/C18H29NO3/c1-5-7-11-22-17-10-9-15(21-4)13-16(17)19-18(20)12-14(3)8-6-2/h9-10,13-14H,5-8,11-12H2,1-4H3,(H,19,20). The Kier molecular flexibility index (Phi) is 8.41. The monoisotopic (exact) mass is 307 g/mol. The summed E-state index contributed by atoms with van der Waals surface area (Å²) in [5, 5.41) is 2.96. The molecule has 22 heavy (non-hydrogen) atoms. The molecule has 0 saturated heterocycles. The molecule has 0 aliphatic rings. The van der Waals surface area contributed by atoms with Crippen molar-refractivity contribution >= 4 is 11.6 Å². The fourth-order valence-corrected chi connectivity index (χ4v) is 2.30. The van der Waals surface area contributed by atoms with Gasteiger partial charge in [-0.05, 0) is 24.5 Å². The van der Waals surface area contributed by atoms with Gasteiger partial charge in [0.25, 0.3) is 0 Å². The van der Waals surface area contributed by atoms with Crippen molar-refractivity contribution in [3.8, 4) is 11.5 Å². The largest absolute Gasteiger partial charge is 0.497 e. The van der Waals surface area contributed by atoms with Crippen molar-refractivity contribution in [1.29, 1.82) is 0 Å². The zero-order chi connectivity index (χ0) is 16.4. The van der Waals surface area contributed by atoms with Crippen LogP contribution < -0.4 is 14.8 Å². The van der Waals surface area contributed by atoms with Crippen LogP contribution in [0.1, 0.15) is 52.9 Å². The van der Waals surface area contributed by atoms with Gasteiger partial charge in [0.05, 0.1) is 19.4 Å². The highest BCUT2D eigenvalue weighted by molar-refractivity contribution is 5.92. The third-order valence-electron chi connectivity index (χ3n) is 3.53. The molecule has 0 aromatic heterocycles. The van der Waals surface area contributed by atoms with Crippen molar-refractivity contribution in [2.75, 3.05) is 19.0 Å². The highest BCUT2D eigenvalue weighted by Crippen LogP contribution is 2.30. The number of unbranched alkanes of at least 4 members (excludes halogenated alkanes) is 1. The first-order chi connectivity index (χ1) is 10.6. The summed E-state index contributed by atoms with van der Waals surface area (Å²) < 4.78 is 11.0. The number of anilines is 1. The first-order valence-corrected chi connectivity index (χ1v) is 8.21. The first kappa shape index (κ1) is 18.3. The molecule has 1 unspecified atom stereocenters. The zero-order valence-corrected chi connectivity index (χ0v) is 14.3. The lowest BCUT2D eigenvalue weighted by atomic mass is 10.0. The Hall–Kier alpha value is -1.71. The molecule has 1 N–H and O–H groups in total. The topological polar surface area (TPSA) is 47.6 Å². The maximum absolute atomic E-state index is 12.2. The van der Waals surface area contributed by atoms with E-state index in [-0.39, 0.29) is 5.91 Å². The van der Waals surface area contributed by atoms with E-state index in [1.807, 2.05) is 18.2 Å². The van der Waals surface area contributed by atoms with Gasteiger partial charge in [-0.2, -0.15) is 0 Å². The Morgan fingerprint density at radius 2 is 2.05 bits per heavy atom. The smallest absolute Gasteiger partial charge is 0.224 e. The molecule has 0 spiro atoms. The fourth-order valence-electron chi connectivity index (χ4n) is 2.30. The van der Waals surface area contributed by atoms with Gasteiger partial charge in [0.15, 0.2) is 0 Å². The first-order valence-electron chi connectivity index (χ1n) is 8.21. The number of carbonyl (C=O) groups is 1. The van der Waals surface area contributed by atoms with Gasteiger partial charge in [0.2, 0.25) is 5.91 Å². The minimum atomic E-state index is 0.0227.